The molecule has 0 atom stereocenters. The van der Waals surface area contributed by atoms with Gasteiger partial charge in [-0.2, -0.15) is 27.0 Å². The average molecular weight is 204 g/mol. The summed E-state index contributed by atoms with van der Waals surface area (Å²) in [4.78, 5) is 0. The summed E-state index contributed by atoms with van der Waals surface area (Å²) in [6.45, 7) is 7.52. The van der Waals surface area contributed by atoms with E-state index in [0.29, 0.717) is 0 Å². The summed E-state index contributed by atoms with van der Waals surface area (Å²) in [6, 6.07) is 0. The Morgan fingerprint density at radius 3 is 2.00 bits per heavy atom. The van der Waals surface area contributed by atoms with E-state index in [-0.39, 0.29) is 32.1 Å². The van der Waals surface area contributed by atoms with Crippen LogP contribution in [0.5, 0.6) is 0 Å². The molecule has 0 radical (unpaired) electrons. The quantitative estimate of drug-likeness (QED) is 0.362. The van der Waals surface area contributed by atoms with Gasteiger partial charge in [0.25, 0.3) is 0 Å². The summed E-state index contributed by atoms with van der Waals surface area (Å²) in [5, 5.41) is 0. The summed E-state index contributed by atoms with van der Waals surface area (Å²) >= 11 is 0. The average Bonchev–Trinajstić information content (AvgIpc) is 1.98. The van der Waals surface area contributed by atoms with Crippen LogP contribution in [0.4, 0.5) is 13.2 Å². The van der Waals surface area contributed by atoms with Gasteiger partial charge >= 0.3 is 25.0 Å². The summed E-state index contributed by atoms with van der Waals surface area (Å²) in [5.41, 5.74) is 0. The normalized spacial score (nSPS) is 9.86. The van der Waals surface area contributed by atoms with Crippen molar-refractivity contribution in [3.8, 4) is 0 Å². The monoisotopic (exact) mass is 204 g/mol. The molecule has 5 heteroatoms. The molecule has 0 heterocycles. The van der Waals surface area contributed by atoms with Crippen molar-refractivity contribution in [2.24, 2.45) is 0 Å². The van der Waals surface area contributed by atoms with E-state index >= 15 is 0 Å². The van der Waals surface area contributed by atoms with Crippen LogP contribution in [0.3, 0.4) is 0 Å². The number of ether oxygens (including phenoxy) is 1. The topological polar surface area (TPSA) is 9.23 Å². The molecular weight excluding hydrogens is 188 g/mol. The molecule has 0 aliphatic heterocycles. The van der Waals surface area contributed by atoms with E-state index in [1.807, 2.05) is 20.3 Å². The molecule has 0 aliphatic rings. The third-order valence-electron chi connectivity index (χ3n) is 0.756. The molecule has 0 aromatic rings. The molecule has 0 aromatic carbocycles. The molecule has 0 N–H and O–H groups in total. The molecule has 0 rings (SSSR count). The Balaban J connectivity index is -0.000000267. The smallest absolute Gasteiger partial charge is 0.445 e. The predicted octanol–water partition coefficient (Wildman–Crippen LogP) is 0.228. The van der Waals surface area contributed by atoms with Crippen molar-refractivity contribution >= 4 is 0 Å². The molecule has 82 valence electrons. The van der Waals surface area contributed by atoms with Gasteiger partial charge in [0.1, 0.15) is 0 Å². The summed E-state index contributed by atoms with van der Waals surface area (Å²) in [7, 11) is 0. The molecule has 0 bridgehead atoms. The van der Waals surface area contributed by atoms with Crippen LogP contribution in [-0.2, 0) is 4.74 Å². The molecule has 0 fully saturated rings. The van der Waals surface area contributed by atoms with Crippen LogP contribution in [0.2, 0.25) is 0 Å². The standard InChI is InChI=1S/C6H9F3O.C3H7.Li/c1-2-10-5-3-4-6(7,8)9;1-3-2;/h3H,1-2,4-5H2;3H,1-2H3;/q-2;-1;+1. The minimum Gasteiger partial charge on any atom is -0.445 e. The van der Waals surface area contributed by atoms with Gasteiger partial charge in [-0.15, -0.1) is 0 Å². The zero-order chi connectivity index (χ0) is 10.7. The van der Waals surface area contributed by atoms with Gasteiger partial charge < -0.3 is 18.1 Å². The van der Waals surface area contributed by atoms with Crippen molar-refractivity contribution in [2.75, 3.05) is 13.2 Å². The van der Waals surface area contributed by atoms with Crippen LogP contribution in [0, 0.1) is 19.8 Å². The van der Waals surface area contributed by atoms with Crippen LogP contribution >= 0.6 is 0 Å². The number of halogens is 3. The van der Waals surface area contributed by atoms with Crippen LogP contribution in [-0.4, -0.2) is 19.4 Å². The Labute approximate surface area is 96.6 Å². The molecule has 0 aromatic heterocycles. The first-order valence-corrected chi connectivity index (χ1v) is 3.97. The first-order chi connectivity index (χ1) is 5.97. The fourth-order valence-electron chi connectivity index (χ4n) is 0.389. The van der Waals surface area contributed by atoms with Gasteiger partial charge in [-0.1, -0.05) is 19.6 Å². The molecule has 0 amide bonds. The maximum Gasteiger partial charge on any atom is 1.00 e. The summed E-state index contributed by atoms with van der Waals surface area (Å²) in [6.07, 6.45) is -1.97. The van der Waals surface area contributed by atoms with Gasteiger partial charge in [0.2, 0.25) is 0 Å². The van der Waals surface area contributed by atoms with E-state index in [1.165, 1.54) is 0 Å². The SMILES string of the molecule is C[CH-]C.[CH2-]COC[CH-]CC(F)(F)F.[Li+]. The minimum atomic E-state index is -4.11. The van der Waals surface area contributed by atoms with Crippen molar-refractivity contribution in [1.29, 1.82) is 0 Å². The zero-order valence-corrected chi connectivity index (χ0v) is 9.03. The Kier molecular flexibility index (Phi) is 18.9. The maximum atomic E-state index is 11.4. The molecule has 1 nitrogen and oxygen atoms in total. The summed E-state index contributed by atoms with van der Waals surface area (Å²) < 4.78 is 38.7. The van der Waals surface area contributed by atoms with Gasteiger partial charge in [0.15, 0.2) is 0 Å². The second-order valence-electron chi connectivity index (χ2n) is 2.26. The van der Waals surface area contributed by atoms with Crippen LogP contribution in [0.25, 0.3) is 0 Å². The van der Waals surface area contributed by atoms with Gasteiger partial charge in [-0.25, -0.2) is 0 Å². The molecule has 14 heavy (non-hydrogen) atoms. The van der Waals surface area contributed by atoms with Gasteiger partial charge in [-0.05, 0) is 0 Å². The van der Waals surface area contributed by atoms with Crippen molar-refractivity contribution in [2.45, 2.75) is 26.4 Å². The second kappa shape index (κ2) is 13.3. The zero-order valence-electron chi connectivity index (χ0n) is 9.03. The van der Waals surface area contributed by atoms with E-state index < -0.39 is 12.6 Å². The predicted molar refractivity (Wildman–Crippen MR) is 46.8 cm³/mol. The molecule has 0 saturated heterocycles. The number of alkyl halides is 3. The Bertz CT molecular complexity index is 96.5. The van der Waals surface area contributed by atoms with Crippen molar-refractivity contribution < 1.29 is 36.8 Å². The fourth-order valence-corrected chi connectivity index (χ4v) is 0.389. The molecule has 0 saturated carbocycles. The third-order valence-corrected chi connectivity index (χ3v) is 0.756. The van der Waals surface area contributed by atoms with Crippen molar-refractivity contribution in [3.05, 3.63) is 19.8 Å². The van der Waals surface area contributed by atoms with Crippen molar-refractivity contribution in [3.63, 3.8) is 0 Å². The molecular formula is C9H16F3LiO-2. The second-order valence-corrected chi connectivity index (χ2v) is 2.26. The van der Waals surface area contributed by atoms with Crippen LogP contribution in [0.15, 0.2) is 0 Å². The van der Waals surface area contributed by atoms with E-state index in [9.17, 15) is 13.2 Å². The Morgan fingerprint density at radius 1 is 1.29 bits per heavy atom. The number of hydrogen-bond acceptors (Lipinski definition) is 1. The largest absolute Gasteiger partial charge is 1.00 e. The first kappa shape index (κ1) is 19.9. The van der Waals surface area contributed by atoms with E-state index in [0.717, 1.165) is 6.42 Å². The third kappa shape index (κ3) is 29.5. The molecule has 0 unspecified atom stereocenters. The van der Waals surface area contributed by atoms with Gasteiger partial charge in [-0.3, -0.25) is 6.42 Å². The minimum absolute atomic E-state index is 0. The molecule has 0 spiro atoms. The molecule has 0 aliphatic carbocycles. The van der Waals surface area contributed by atoms with Crippen LogP contribution < -0.4 is 18.9 Å². The Morgan fingerprint density at radius 2 is 1.71 bits per heavy atom. The van der Waals surface area contributed by atoms with E-state index in [1.54, 1.807) is 0 Å². The van der Waals surface area contributed by atoms with Crippen LogP contribution in [0.1, 0.15) is 20.3 Å². The number of rotatable bonds is 4. The maximum absolute atomic E-state index is 11.4. The fraction of sp³-hybridized carbons (Fsp3) is 0.667. The number of hydrogen-bond donors (Lipinski definition) is 0. The van der Waals surface area contributed by atoms with Crippen molar-refractivity contribution in [1.82, 2.24) is 0 Å². The summed E-state index contributed by atoms with van der Waals surface area (Å²) in [5.74, 6) is 0. The van der Waals surface area contributed by atoms with Gasteiger partial charge in [0, 0.05) is 0 Å². The first-order valence-electron chi connectivity index (χ1n) is 3.97. The van der Waals surface area contributed by atoms with E-state index in [2.05, 4.69) is 11.7 Å². The Hall–Kier alpha value is 0.347. The van der Waals surface area contributed by atoms with Gasteiger partial charge in [0.05, 0.1) is 0 Å². The van der Waals surface area contributed by atoms with E-state index in [4.69, 9.17) is 0 Å².